The van der Waals surface area contributed by atoms with Crippen molar-refractivity contribution in [3.63, 3.8) is 0 Å². The van der Waals surface area contributed by atoms with Crippen molar-refractivity contribution >= 4 is 5.97 Å². The molecular formula is C15H22O4. The van der Waals surface area contributed by atoms with Crippen LogP contribution in [0.5, 0.6) is 5.75 Å². The highest BCUT2D eigenvalue weighted by Gasteiger charge is 2.03. The molecule has 0 heterocycles. The highest BCUT2D eigenvalue weighted by atomic mass is 16.6. The lowest BCUT2D eigenvalue weighted by Gasteiger charge is -2.07. The Morgan fingerprint density at radius 2 is 1.89 bits per heavy atom. The fraction of sp³-hybridized carbons (Fsp3) is 0.533. The summed E-state index contributed by atoms with van der Waals surface area (Å²) in [6.45, 7) is 3.18. The van der Waals surface area contributed by atoms with Crippen molar-refractivity contribution in [3.8, 4) is 5.75 Å². The van der Waals surface area contributed by atoms with Gasteiger partial charge in [0.1, 0.15) is 5.75 Å². The lowest BCUT2D eigenvalue weighted by molar-refractivity contribution is -0.146. The largest absolute Gasteiger partial charge is 0.482 e. The van der Waals surface area contributed by atoms with Gasteiger partial charge in [-0.15, -0.1) is 0 Å². The number of rotatable bonds is 9. The van der Waals surface area contributed by atoms with Crippen LogP contribution in [-0.4, -0.2) is 32.9 Å². The van der Waals surface area contributed by atoms with Gasteiger partial charge in [0.05, 0.1) is 13.2 Å². The van der Waals surface area contributed by atoms with Crippen LogP contribution >= 0.6 is 0 Å². The molecule has 0 N–H and O–H groups in total. The first-order chi connectivity index (χ1) is 9.26. The molecule has 1 rings (SSSR count). The Morgan fingerprint density at radius 1 is 1.16 bits per heavy atom. The minimum absolute atomic E-state index is 0.0405. The van der Waals surface area contributed by atoms with E-state index in [4.69, 9.17) is 14.2 Å². The average molecular weight is 266 g/mol. The summed E-state index contributed by atoms with van der Waals surface area (Å²) in [5.74, 6) is 0.352. The molecule has 1 aromatic carbocycles. The lowest BCUT2D eigenvalue weighted by atomic mass is 10.1. The van der Waals surface area contributed by atoms with E-state index in [2.05, 4.69) is 6.92 Å². The molecule has 106 valence electrons. The Morgan fingerprint density at radius 3 is 2.53 bits per heavy atom. The molecule has 0 spiro atoms. The van der Waals surface area contributed by atoms with Crippen molar-refractivity contribution in [1.29, 1.82) is 0 Å². The molecule has 0 aromatic heterocycles. The van der Waals surface area contributed by atoms with Gasteiger partial charge in [-0.1, -0.05) is 25.5 Å². The predicted molar refractivity (Wildman–Crippen MR) is 73.4 cm³/mol. The smallest absolute Gasteiger partial charge is 0.344 e. The monoisotopic (exact) mass is 266 g/mol. The summed E-state index contributed by atoms with van der Waals surface area (Å²) in [5.41, 5.74) is 1.18. The van der Waals surface area contributed by atoms with Crippen molar-refractivity contribution in [2.45, 2.75) is 26.2 Å². The highest BCUT2D eigenvalue weighted by Crippen LogP contribution is 2.12. The molecular weight excluding hydrogens is 244 g/mol. The Bertz CT molecular complexity index is 359. The molecule has 4 nitrogen and oxygen atoms in total. The van der Waals surface area contributed by atoms with Crippen molar-refractivity contribution in [1.82, 2.24) is 0 Å². The third-order valence-corrected chi connectivity index (χ3v) is 2.64. The fourth-order valence-corrected chi connectivity index (χ4v) is 1.49. The van der Waals surface area contributed by atoms with E-state index in [9.17, 15) is 4.79 Å². The van der Waals surface area contributed by atoms with E-state index in [0.29, 0.717) is 19.0 Å². The molecule has 0 bridgehead atoms. The van der Waals surface area contributed by atoms with Gasteiger partial charge >= 0.3 is 5.97 Å². The Hall–Kier alpha value is -1.55. The maximum atomic E-state index is 11.3. The minimum atomic E-state index is -0.322. The third kappa shape index (κ3) is 6.82. The molecule has 0 saturated heterocycles. The topological polar surface area (TPSA) is 44.8 Å². The Kier molecular flexibility index (Phi) is 7.66. The second-order valence-electron chi connectivity index (χ2n) is 4.25. The fourth-order valence-electron chi connectivity index (χ4n) is 1.49. The lowest BCUT2D eigenvalue weighted by Crippen LogP contribution is -2.15. The molecule has 0 aliphatic carbocycles. The van der Waals surface area contributed by atoms with Crippen LogP contribution < -0.4 is 4.74 Å². The molecule has 4 heteroatoms. The molecule has 19 heavy (non-hydrogen) atoms. The van der Waals surface area contributed by atoms with Crippen LogP contribution in [0.25, 0.3) is 0 Å². The second-order valence-corrected chi connectivity index (χ2v) is 4.25. The van der Waals surface area contributed by atoms with E-state index in [-0.39, 0.29) is 12.6 Å². The number of hydrogen-bond donors (Lipinski definition) is 0. The number of unbranched alkanes of at least 4 members (excludes halogenated alkanes) is 1. The molecule has 0 saturated carbocycles. The van der Waals surface area contributed by atoms with Crippen LogP contribution in [-0.2, 0) is 20.7 Å². The number of methoxy groups -OCH3 is 1. The number of esters is 1. The van der Waals surface area contributed by atoms with E-state index < -0.39 is 0 Å². The van der Waals surface area contributed by atoms with Gasteiger partial charge in [0, 0.05) is 7.11 Å². The van der Waals surface area contributed by atoms with E-state index >= 15 is 0 Å². The van der Waals surface area contributed by atoms with Gasteiger partial charge in [-0.3, -0.25) is 0 Å². The molecule has 0 aliphatic rings. The maximum absolute atomic E-state index is 11.3. The van der Waals surface area contributed by atoms with Crippen molar-refractivity contribution in [3.05, 3.63) is 29.8 Å². The molecule has 0 fully saturated rings. The van der Waals surface area contributed by atoms with Gasteiger partial charge < -0.3 is 14.2 Å². The highest BCUT2D eigenvalue weighted by molar-refractivity contribution is 5.71. The van der Waals surface area contributed by atoms with Crippen LogP contribution in [0.15, 0.2) is 24.3 Å². The zero-order valence-corrected chi connectivity index (χ0v) is 11.7. The minimum Gasteiger partial charge on any atom is -0.482 e. The quantitative estimate of drug-likeness (QED) is 0.509. The molecule has 1 aromatic rings. The average Bonchev–Trinajstić information content (AvgIpc) is 2.44. The van der Waals surface area contributed by atoms with Gasteiger partial charge in [-0.25, -0.2) is 4.79 Å². The Labute approximate surface area is 114 Å². The van der Waals surface area contributed by atoms with Crippen molar-refractivity contribution in [2.24, 2.45) is 0 Å². The standard InChI is InChI=1S/C15H22O4/c1-3-4-10-18-15(16)12-19-14-7-5-13(6-8-14)9-11-17-2/h5-8H,3-4,9-12H2,1-2H3. The Balaban J connectivity index is 2.27. The first-order valence-electron chi connectivity index (χ1n) is 6.62. The van der Waals surface area contributed by atoms with Gasteiger partial charge in [-0.2, -0.15) is 0 Å². The van der Waals surface area contributed by atoms with Gasteiger partial charge in [0.25, 0.3) is 0 Å². The predicted octanol–water partition coefficient (Wildman–Crippen LogP) is 2.60. The molecule has 0 unspecified atom stereocenters. The van der Waals surface area contributed by atoms with Crippen LogP contribution in [0.3, 0.4) is 0 Å². The zero-order chi connectivity index (χ0) is 13.9. The summed E-state index contributed by atoms with van der Waals surface area (Å²) < 4.78 is 15.4. The molecule has 0 amide bonds. The van der Waals surface area contributed by atoms with Crippen molar-refractivity contribution < 1.29 is 19.0 Å². The van der Waals surface area contributed by atoms with E-state index in [1.54, 1.807) is 7.11 Å². The second kappa shape index (κ2) is 9.39. The summed E-state index contributed by atoms with van der Waals surface area (Å²) in [6, 6.07) is 7.64. The SMILES string of the molecule is CCCCOC(=O)COc1ccc(CCOC)cc1. The summed E-state index contributed by atoms with van der Waals surface area (Å²) in [5, 5.41) is 0. The first-order valence-corrected chi connectivity index (χ1v) is 6.62. The molecule has 0 atom stereocenters. The molecule has 0 aliphatic heterocycles. The van der Waals surface area contributed by atoms with Crippen LogP contribution in [0.1, 0.15) is 25.3 Å². The third-order valence-electron chi connectivity index (χ3n) is 2.64. The van der Waals surface area contributed by atoms with Gasteiger partial charge in [0.15, 0.2) is 6.61 Å². The summed E-state index contributed by atoms with van der Waals surface area (Å²) >= 11 is 0. The van der Waals surface area contributed by atoms with Gasteiger partial charge in [0.2, 0.25) is 0 Å². The normalized spacial score (nSPS) is 10.2. The van der Waals surface area contributed by atoms with Crippen molar-refractivity contribution in [2.75, 3.05) is 26.9 Å². The summed E-state index contributed by atoms with van der Waals surface area (Å²) in [7, 11) is 1.68. The number of ether oxygens (including phenoxy) is 3. The van der Waals surface area contributed by atoms with Crippen LogP contribution in [0.2, 0.25) is 0 Å². The first kappa shape index (κ1) is 15.5. The molecule has 0 radical (unpaired) electrons. The maximum Gasteiger partial charge on any atom is 0.344 e. The zero-order valence-electron chi connectivity index (χ0n) is 11.7. The van der Waals surface area contributed by atoms with E-state index in [1.807, 2.05) is 24.3 Å². The van der Waals surface area contributed by atoms with Crippen LogP contribution in [0, 0.1) is 0 Å². The summed E-state index contributed by atoms with van der Waals surface area (Å²) in [6.07, 6.45) is 2.77. The number of carbonyl (C=O) groups is 1. The van der Waals surface area contributed by atoms with E-state index in [0.717, 1.165) is 19.3 Å². The number of hydrogen-bond acceptors (Lipinski definition) is 4. The van der Waals surface area contributed by atoms with Gasteiger partial charge in [-0.05, 0) is 30.5 Å². The van der Waals surface area contributed by atoms with E-state index in [1.165, 1.54) is 5.56 Å². The van der Waals surface area contributed by atoms with Crippen LogP contribution in [0.4, 0.5) is 0 Å². The number of carbonyl (C=O) groups excluding carboxylic acids is 1. The summed E-state index contributed by atoms with van der Waals surface area (Å²) in [4.78, 5) is 11.3. The number of benzene rings is 1.